The number of Topliss-reactive ketones (excluding diaryl/α,β-unsaturated/α-hetero) is 1. The molecule has 0 aromatic carbocycles. The Morgan fingerprint density at radius 2 is 1.79 bits per heavy atom. The van der Waals surface area contributed by atoms with Gasteiger partial charge in [-0.05, 0) is 18.5 Å². The number of alkyl halides is 5. The molecule has 0 aliphatic rings. The topological polar surface area (TPSA) is 46.6 Å². The molecular weight excluding hydrogens is 294 g/mol. The van der Waals surface area contributed by atoms with Crippen molar-refractivity contribution in [2.75, 3.05) is 20.7 Å². The molecule has 4 nitrogen and oxygen atoms in total. The third-order valence-electron chi connectivity index (χ3n) is 1.91. The van der Waals surface area contributed by atoms with E-state index in [1.54, 1.807) is 0 Å². The number of hydrogen-bond donors (Lipinski definition) is 0. The number of rotatable bonds is 6. The van der Waals surface area contributed by atoms with Gasteiger partial charge in [0, 0.05) is 14.1 Å². The summed E-state index contributed by atoms with van der Waals surface area (Å²) in [7, 11) is 2.14. The van der Waals surface area contributed by atoms with E-state index in [-0.39, 0.29) is 6.61 Å². The van der Waals surface area contributed by atoms with Gasteiger partial charge in [0.1, 0.15) is 5.57 Å². The van der Waals surface area contributed by atoms with Gasteiger partial charge < -0.3 is 9.64 Å². The van der Waals surface area contributed by atoms with Crippen LogP contribution >= 0.6 is 11.6 Å². The van der Waals surface area contributed by atoms with Gasteiger partial charge in [-0.25, -0.2) is 13.6 Å². The van der Waals surface area contributed by atoms with Gasteiger partial charge in [0.25, 0.3) is 12.2 Å². The zero-order valence-electron chi connectivity index (χ0n) is 10.3. The minimum Gasteiger partial charge on any atom is -0.462 e. The molecule has 0 saturated heterocycles. The highest BCUT2D eigenvalue weighted by atomic mass is 35.5. The van der Waals surface area contributed by atoms with E-state index in [1.807, 2.05) is 0 Å². The summed E-state index contributed by atoms with van der Waals surface area (Å²) in [6.45, 7) is 1.06. The highest BCUT2D eigenvalue weighted by molar-refractivity contribution is 6.39. The molecule has 0 aliphatic carbocycles. The summed E-state index contributed by atoms with van der Waals surface area (Å²) in [4.78, 5) is 23.4. The zero-order valence-corrected chi connectivity index (χ0v) is 11.1. The molecule has 0 atom stereocenters. The molecule has 0 spiro atoms. The first kappa shape index (κ1) is 17.7. The lowest BCUT2D eigenvalue weighted by Crippen LogP contribution is -2.34. The van der Waals surface area contributed by atoms with Gasteiger partial charge in [-0.1, -0.05) is 0 Å². The maximum absolute atomic E-state index is 12.8. The lowest BCUT2D eigenvalue weighted by Gasteiger charge is -2.20. The summed E-state index contributed by atoms with van der Waals surface area (Å²) in [5.74, 6) is -3.80. The SMILES string of the molecule is CCOC(=O)/C(C(=O)C(F)(F)Cl)=C(/C(F)F)N(C)C. The third-order valence-corrected chi connectivity index (χ3v) is 2.08. The first-order valence-corrected chi connectivity index (χ1v) is 5.40. The smallest absolute Gasteiger partial charge is 0.385 e. The van der Waals surface area contributed by atoms with E-state index in [9.17, 15) is 27.2 Å². The average molecular weight is 306 g/mol. The molecule has 0 unspecified atom stereocenters. The number of allylic oxidation sites excluding steroid dienone is 1. The predicted molar refractivity (Wildman–Crippen MR) is 59.2 cm³/mol. The normalized spacial score (nSPS) is 13.1. The number of ether oxygens (including phenoxy) is 1. The molecule has 9 heteroatoms. The molecule has 0 aromatic rings. The monoisotopic (exact) mass is 305 g/mol. The summed E-state index contributed by atoms with van der Waals surface area (Å²) in [5.41, 5.74) is -2.63. The molecule has 0 radical (unpaired) electrons. The van der Waals surface area contributed by atoms with Gasteiger partial charge in [0.2, 0.25) is 0 Å². The standard InChI is InChI=1S/C10H12ClF4NO3/c1-4-19-9(18)5(7(17)10(11,14)15)6(8(12)13)16(2)3/h8H,4H2,1-3H3/b6-5-. The Balaban J connectivity index is 5.95. The van der Waals surface area contributed by atoms with Crippen molar-refractivity contribution in [1.82, 2.24) is 4.90 Å². The fourth-order valence-corrected chi connectivity index (χ4v) is 1.28. The number of esters is 1. The maximum atomic E-state index is 12.8. The average Bonchev–Trinajstić information content (AvgIpc) is 2.22. The molecule has 19 heavy (non-hydrogen) atoms. The van der Waals surface area contributed by atoms with Gasteiger partial charge in [-0.15, -0.1) is 0 Å². The lowest BCUT2D eigenvalue weighted by molar-refractivity contribution is -0.143. The first-order valence-electron chi connectivity index (χ1n) is 5.02. The Labute approximate surface area is 111 Å². The largest absolute Gasteiger partial charge is 0.462 e. The van der Waals surface area contributed by atoms with Crippen LogP contribution in [-0.2, 0) is 14.3 Å². The van der Waals surface area contributed by atoms with Crippen LogP contribution in [0.4, 0.5) is 17.6 Å². The molecule has 110 valence electrons. The maximum Gasteiger partial charge on any atom is 0.385 e. The van der Waals surface area contributed by atoms with Crippen molar-refractivity contribution < 1.29 is 31.9 Å². The first-order chi connectivity index (χ1) is 8.53. The quantitative estimate of drug-likeness (QED) is 0.188. The Hall–Kier alpha value is -1.31. The van der Waals surface area contributed by atoms with E-state index in [0.717, 1.165) is 14.1 Å². The van der Waals surface area contributed by atoms with Crippen LogP contribution in [0.25, 0.3) is 0 Å². The second kappa shape index (κ2) is 6.74. The summed E-state index contributed by atoms with van der Waals surface area (Å²) < 4.78 is 55.5. The lowest BCUT2D eigenvalue weighted by atomic mass is 10.1. The minimum absolute atomic E-state index is 0.270. The zero-order chi connectivity index (χ0) is 15.4. The molecule has 0 rings (SSSR count). The third kappa shape index (κ3) is 4.70. The van der Waals surface area contributed by atoms with Crippen molar-refractivity contribution in [1.29, 1.82) is 0 Å². The summed E-state index contributed by atoms with van der Waals surface area (Å²) in [6, 6.07) is 0. The van der Waals surface area contributed by atoms with Crippen molar-refractivity contribution in [3.05, 3.63) is 11.3 Å². The van der Waals surface area contributed by atoms with E-state index in [4.69, 9.17) is 0 Å². The van der Waals surface area contributed by atoms with Gasteiger partial charge in [0.15, 0.2) is 0 Å². The van der Waals surface area contributed by atoms with Crippen LogP contribution in [0.3, 0.4) is 0 Å². The number of halogens is 5. The molecule has 0 heterocycles. The van der Waals surface area contributed by atoms with Crippen LogP contribution in [0.5, 0.6) is 0 Å². The van der Waals surface area contributed by atoms with Gasteiger partial charge in [-0.3, -0.25) is 4.79 Å². The van der Waals surface area contributed by atoms with E-state index in [2.05, 4.69) is 16.3 Å². The summed E-state index contributed by atoms with van der Waals surface area (Å²) in [6.07, 6.45) is -3.32. The summed E-state index contributed by atoms with van der Waals surface area (Å²) in [5, 5.41) is -4.47. The van der Waals surface area contributed by atoms with Crippen LogP contribution < -0.4 is 0 Å². The van der Waals surface area contributed by atoms with E-state index in [1.165, 1.54) is 6.92 Å². The van der Waals surface area contributed by atoms with Crippen LogP contribution in [0.2, 0.25) is 0 Å². The van der Waals surface area contributed by atoms with Gasteiger partial charge in [0.05, 0.1) is 12.3 Å². The van der Waals surface area contributed by atoms with Crippen molar-refractivity contribution in [3.8, 4) is 0 Å². The Morgan fingerprint density at radius 1 is 1.32 bits per heavy atom. The molecule has 0 fully saturated rings. The highest BCUT2D eigenvalue weighted by Crippen LogP contribution is 2.28. The van der Waals surface area contributed by atoms with Gasteiger partial charge in [-0.2, -0.15) is 8.78 Å². The number of carbonyl (C=O) groups is 2. The fourth-order valence-electron chi connectivity index (χ4n) is 1.19. The minimum atomic E-state index is -4.47. The van der Waals surface area contributed by atoms with E-state index in [0.29, 0.717) is 4.90 Å². The van der Waals surface area contributed by atoms with Crippen molar-refractivity contribution in [3.63, 3.8) is 0 Å². The second-order valence-corrected chi connectivity index (χ2v) is 3.98. The molecular formula is C10H12ClF4NO3. The second-order valence-electron chi connectivity index (χ2n) is 3.50. The molecule has 0 amide bonds. The number of hydrogen-bond acceptors (Lipinski definition) is 4. The Bertz CT molecular complexity index is 381. The molecule has 0 bridgehead atoms. The number of ketones is 1. The van der Waals surface area contributed by atoms with Crippen LogP contribution in [-0.4, -0.2) is 49.2 Å². The predicted octanol–water partition coefficient (Wildman–Crippen LogP) is 2.03. The Kier molecular flexibility index (Phi) is 6.28. The fraction of sp³-hybridized carbons (Fsp3) is 0.600. The summed E-state index contributed by atoms with van der Waals surface area (Å²) >= 11 is 4.49. The number of carbonyl (C=O) groups excluding carboxylic acids is 2. The van der Waals surface area contributed by atoms with Crippen LogP contribution in [0.1, 0.15) is 6.92 Å². The molecule has 0 saturated carbocycles. The Morgan fingerprint density at radius 3 is 2.05 bits per heavy atom. The van der Waals surface area contributed by atoms with Crippen molar-refractivity contribution in [2.45, 2.75) is 18.7 Å². The highest BCUT2D eigenvalue weighted by Gasteiger charge is 2.44. The van der Waals surface area contributed by atoms with Crippen molar-refractivity contribution in [2.24, 2.45) is 0 Å². The van der Waals surface area contributed by atoms with Crippen molar-refractivity contribution >= 4 is 23.4 Å². The molecule has 0 aliphatic heterocycles. The van der Waals surface area contributed by atoms with Gasteiger partial charge >= 0.3 is 11.4 Å². The van der Waals surface area contributed by atoms with Crippen LogP contribution in [0.15, 0.2) is 11.3 Å². The molecule has 0 aromatic heterocycles. The molecule has 0 N–H and O–H groups in total. The number of nitrogens with zero attached hydrogens (tertiary/aromatic N) is 1. The van der Waals surface area contributed by atoms with E-state index >= 15 is 0 Å². The van der Waals surface area contributed by atoms with Crippen LogP contribution in [0, 0.1) is 0 Å². The van der Waals surface area contributed by atoms with E-state index < -0.39 is 34.8 Å².